The average molecular weight is 332 g/mol. The van der Waals surface area contributed by atoms with Crippen LogP contribution in [0.5, 0.6) is 5.75 Å². The summed E-state index contributed by atoms with van der Waals surface area (Å²) >= 11 is 0. The molecular weight excluding hydrogens is 304 g/mol. The van der Waals surface area contributed by atoms with Gasteiger partial charge in [-0.15, -0.1) is 0 Å². The molecule has 0 saturated carbocycles. The Morgan fingerprint density at radius 2 is 1.96 bits per heavy atom. The molecule has 1 saturated heterocycles. The fourth-order valence-corrected chi connectivity index (χ4v) is 3.31. The van der Waals surface area contributed by atoms with Crippen LogP contribution in [0, 0.1) is 0 Å². The van der Waals surface area contributed by atoms with E-state index in [-0.39, 0.29) is 12.1 Å². The minimum atomic E-state index is -0.102. The third kappa shape index (κ3) is 4.61. The van der Waals surface area contributed by atoms with Gasteiger partial charge in [0.15, 0.2) is 0 Å². The molecule has 2 amide bonds. The molecule has 0 aromatic heterocycles. The summed E-state index contributed by atoms with van der Waals surface area (Å²) in [6, 6.07) is 7.94. The van der Waals surface area contributed by atoms with Crippen LogP contribution < -0.4 is 15.4 Å². The number of likely N-dealkylation sites (N-methyl/N-ethyl adjacent to an activating group) is 1. The number of ether oxygens (including phenoxy) is 1. The molecular formula is C18H28N4O2. The van der Waals surface area contributed by atoms with Gasteiger partial charge >= 0.3 is 6.03 Å². The zero-order chi connectivity index (χ0) is 16.8. The number of amides is 2. The SMILES string of the molecule is CCN1CCN(CCNC(=O)N[C@@H]2COc3ccccc3C2)CC1. The minimum Gasteiger partial charge on any atom is -0.491 e. The van der Waals surface area contributed by atoms with E-state index in [1.807, 2.05) is 18.2 Å². The maximum atomic E-state index is 12.1. The summed E-state index contributed by atoms with van der Waals surface area (Å²) in [7, 11) is 0. The second-order valence-corrected chi connectivity index (χ2v) is 6.50. The molecule has 0 unspecified atom stereocenters. The van der Waals surface area contributed by atoms with Crippen molar-refractivity contribution in [3.8, 4) is 5.75 Å². The number of fused-ring (bicyclic) bond motifs is 1. The monoisotopic (exact) mass is 332 g/mol. The molecule has 24 heavy (non-hydrogen) atoms. The summed E-state index contributed by atoms with van der Waals surface area (Å²) < 4.78 is 5.70. The van der Waals surface area contributed by atoms with Crippen LogP contribution in [0.1, 0.15) is 12.5 Å². The molecule has 1 fully saturated rings. The molecule has 2 heterocycles. The topological polar surface area (TPSA) is 56.8 Å². The first-order valence-corrected chi connectivity index (χ1v) is 8.94. The van der Waals surface area contributed by atoms with Gasteiger partial charge in [-0.25, -0.2) is 4.79 Å². The smallest absolute Gasteiger partial charge is 0.315 e. The van der Waals surface area contributed by atoms with Gasteiger partial charge in [-0.2, -0.15) is 0 Å². The first-order valence-electron chi connectivity index (χ1n) is 8.94. The molecule has 0 radical (unpaired) electrons. The Bertz CT molecular complexity index is 544. The van der Waals surface area contributed by atoms with Crippen molar-refractivity contribution in [2.45, 2.75) is 19.4 Å². The molecule has 2 aliphatic heterocycles. The van der Waals surface area contributed by atoms with Crippen LogP contribution in [0.15, 0.2) is 24.3 Å². The second-order valence-electron chi connectivity index (χ2n) is 6.50. The highest BCUT2D eigenvalue weighted by atomic mass is 16.5. The van der Waals surface area contributed by atoms with E-state index < -0.39 is 0 Å². The quantitative estimate of drug-likeness (QED) is 0.842. The lowest BCUT2D eigenvalue weighted by atomic mass is 10.0. The highest BCUT2D eigenvalue weighted by molar-refractivity contribution is 5.74. The predicted octanol–water partition coefficient (Wildman–Crippen LogP) is 0.927. The molecule has 1 aromatic rings. The van der Waals surface area contributed by atoms with Crippen LogP contribution in [0.3, 0.4) is 0 Å². The minimum absolute atomic E-state index is 0.0352. The Balaban J connectivity index is 1.33. The highest BCUT2D eigenvalue weighted by Gasteiger charge is 2.21. The number of nitrogens with one attached hydrogen (secondary N) is 2. The summed E-state index contributed by atoms with van der Waals surface area (Å²) in [6.45, 7) is 9.88. The van der Waals surface area contributed by atoms with Crippen LogP contribution in [0.25, 0.3) is 0 Å². The number of nitrogens with zero attached hydrogens (tertiary/aromatic N) is 2. The normalized spacial score (nSPS) is 21.6. The Hall–Kier alpha value is -1.79. The maximum Gasteiger partial charge on any atom is 0.315 e. The molecule has 3 rings (SSSR count). The van der Waals surface area contributed by atoms with Gasteiger partial charge in [0.1, 0.15) is 12.4 Å². The number of carbonyl (C=O) groups is 1. The van der Waals surface area contributed by atoms with Gasteiger partial charge in [0, 0.05) is 39.3 Å². The van der Waals surface area contributed by atoms with Gasteiger partial charge in [-0.3, -0.25) is 4.90 Å². The lowest BCUT2D eigenvalue weighted by molar-refractivity contribution is 0.138. The highest BCUT2D eigenvalue weighted by Crippen LogP contribution is 2.23. The number of hydrogen-bond acceptors (Lipinski definition) is 4. The first-order chi connectivity index (χ1) is 11.7. The van der Waals surface area contributed by atoms with E-state index in [1.165, 1.54) is 0 Å². The van der Waals surface area contributed by atoms with E-state index in [1.54, 1.807) is 0 Å². The summed E-state index contributed by atoms with van der Waals surface area (Å²) in [6.07, 6.45) is 0.822. The van der Waals surface area contributed by atoms with E-state index in [4.69, 9.17) is 4.74 Å². The van der Waals surface area contributed by atoms with Crippen LogP contribution in [-0.2, 0) is 6.42 Å². The molecule has 132 valence electrons. The molecule has 1 atom stereocenters. The van der Waals surface area contributed by atoms with Gasteiger partial charge in [-0.1, -0.05) is 25.1 Å². The third-order valence-electron chi connectivity index (χ3n) is 4.84. The summed E-state index contributed by atoms with van der Waals surface area (Å²) in [5, 5.41) is 5.98. The van der Waals surface area contributed by atoms with E-state index in [9.17, 15) is 4.79 Å². The number of carbonyl (C=O) groups excluding carboxylic acids is 1. The van der Waals surface area contributed by atoms with Gasteiger partial charge in [0.2, 0.25) is 0 Å². The van der Waals surface area contributed by atoms with Gasteiger partial charge < -0.3 is 20.3 Å². The number of piperazine rings is 1. The Morgan fingerprint density at radius 3 is 2.75 bits per heavy atom. The number of rotatable bonds is 5. The van der Waals surface area contributed by atoms with Crippen molar-refractivity contribution in [3.63, 3.8) is 0 Å². The van der Waals surface area contributed by atoms with Crippen molar-refractivity contribution in [1.29, 1.82) is 0 Å². The van der Waals surface area contributed by atoms with Crippen molar-refractivity contribution < 1.29 is 9.53 Å². The molecule has 6 nitrogen and oxygen atoms in total. The van der Waals surface area contributed by atoms with Crippen molar-refractivity contribution >= 4 is 6.03 Å². The van der Waals surface area contributed by atoms with E-state index in [2.05, 4.69) is 33.4 Å². The first kappa shape index (κ1) is 17.0. The van der Waals surface area contributed by atoms with Crippen molar-refractivity contribution in [2.24, 2.45) is 0 Å². The fraction of sp³-hybridized carbons (Fsp3) is 0.611. The lowest BCUT2D eigenvalue weighted by Gasteiger charge is -2.34. The molecule has 6 heteroatoms. The van der Waals surface area contributed by atoms with Crippen molar-refractivity contribution in [2.75, 3.05) is 52.4 Å². The Morgan fingerprint density at radius 1 is 1.21 bits per heavy atom. The van der Waals surface area contributed by atoms with Crippen molar-refractivity contribution in [1.82, 2.24) is 20.4 Å². The van der Waals surface area contributed by atoms with Crippen molar-refractivity contribution in [3.05, 3.63) is 29.8 Å². The molecule has 0 spiro atoms. The molecule has 2 N–H and O–H groups in total. The fourth-order valence-electron chi connectivity index (χ4n) is 3.31. The zero-order valence-corrected chi connectivity index (χ0v) is 14.5. The average Bonchev–Trinajstić information content (AvgIpc) is 2.62. The predicted molar refractivity (Wildman–Crippen MR) is 94.5 cm³/mol. The second kappa shape index (κ2) is 8.35. The molecule has 2 aliphatic rings. The number of benzene rings is 1. The van der Waals surface area contributed by atoms with Gasteiger partial charge in [-0.05, 0) is 24.6 Å². The Labute approximate surface area is 144 Å². The van der Waals surface area contributed by atoms with Crippen LogP contribution in [0.2, 0.25) is 0 Å². The zero-order valence-electron chi connectivity index (χ0n) is 14.5. The number of hydrogen-bond donors (Lipinski definition) is 2. The largest absolute Gasteiger partial charge is 0.491 e. The van der Waals surface area contributed by atoms with Gasteiger partial charge in [0.25, 0.3) is 0 Å². The standard InChI is InChI=1S/C18H28N4O2/c1-2-21-9-11-22(12-10-21)8-7-19-18(23)20-16-13-15-5-3-4-6-17(15)24-14-16/h3-6,16H,2,7-14H2,1H3,(H2,19,20,23)/t16-/m0/s1. The summed E-state index contributed by atoms with van der Waals surface area (Å²) in [5.74, 6) is 0.933. The Kier molecular flexibility index (Phi) is 5.93. The third-order valence-corrected chi connectivity index (χ3v) is 4.84. The maximum absolute atomic E-state index is 12.1. The van der Waals surface area contributed by atoms with E-state index in [0.29, 0.717) is 13.2 Å². The van der Waals surface area contributed by atoms with E-state index in [0.717, 1.165) is 57.0 Å². The summed E-state index contributed by atoms with van der Waals surface area (Å²) in [5.41, 5.74) is 1.16. The molecule has 1 aromatic carbocycles. The van der Waals surface area contributed by atoms with E-state index >= 15 is 0 Å². The van der Waals surface area contributed by atoms with Crippen LogP contribution in [0.4, 0.5) is 4.79 Å². The van der Waals surface area contributed by atoms with Gasteiger partial charge in [0.05, 0.1) is 6.04 Å². The lowest BCUT2D eigenvalue weighted by Crippen LogP contribution is -2.50. The number of urea groups is 1. The molecule has 0 bridgehead atoms. The number of para-hydroxylation sites is 1. The van der Waals surface area contributed by atoms with Crippen LogP contribution in [-0.4, -0.2) is 74.3 Å². The molecule has 0 aliphatic carbocycles. The van der Waals surface area contributed by atoms with Crippen LogP contribution >= 0.6 is 0 Å². The summed E-state index contributed by atoms with van der Waals surface area (Å²) in [4.78, 5) is 16.9.